The van der Waals surface area contributed by atoms with Gasteiger partial charge in [-0.3, -0.25) is 9.59 Å². The molecule has 1 heterocycles. The third-order valence-electron chi connectivity index (χ3n) is 5.69. The van der Waals surface area contributed by atoms with Crippen LogP contribution in [0.5, 0.6) is 0 Å². The van der Waals surface area contributed by atoms with E-state index in [1.807, 2.05) is 96.4 Å². The molecule has 168 valence electrons. The first-order chi connectivity index (χ1) is 15.5. The summed E-state index contributed by atoms with van der Waals surface area (Å²) in [7, 11) is 1.98. The normalized spacial score (nSPS) is 10.7. The first-order valence-corrected chi connectivity index (χ1v) is 11.3. The van der Waals surface area contributed by atoms with E-state index in [9.17, 15) is 9.59 Å². The molecule has 0 aliphatic heterocycles. The fourth-order valence-corrected chi connectivity index (χ4v) is 3.74. The van der Waals surface area contributed by atoms with Crippen LogP contribution in [0.25, 0.3) is 0 Å². The maximum atomic E-state index is 13.4. The molecule has 0 bridgehead atoms. The molecular formula is C27H33N3O2. The predicted molar refractivity (Wildman–Crippen MR) is 128 cm³/mol. The summed E-state index contributed by atoms with van der Waals surface area (Å²) in [5.41, 5.74) is 3.94. The summed E-state index contributed by atoms with van der Waals surface area (Å²) >= 11 is 0. The molecule has 1 aromatic heterocycles. The van der Waals surface area contributed by atoms with Gasteiger partial charge in [0.2, 0.25) is 5.91 Å². The Bertz CT molecular complexity index is 1010. The summed E-state index contributed by atoms with van der Waals surface area (Å²) in [4.78, 5) is 30.1. The van der Waals surface area contributed by atoms with E-state index in [1.54, 1.807) is 4.90 Å². The molecule has 0 spiro atoms. The van der Waals surface area contributed by atoms with Gasteiger partial charge in [-0.15, -0.1) is 0 Å². The Morgan fingerprint density at radius 3 is 2.12 bits per heavy atom. The Hall–Kier alpha value is -3.34. The summed E-state index contributed by atoms with van der Waals surface area (Å²) in [6.45, 7) is 5.73. The van der Waals surface area contributed by atoms with Crippen molar-refractivity contribution in [2.75, 3.05) is 13.1 Å². The van der Waals surface area contributed by atoms with Crippen molar-refractivity contribution in [3.63, 3.8) is 0 Å². The zero-order valence-electron chi connectivity index (χ0n) is 19.3. The highest BCUT2D eigenvalue weighted by Gasteiger charge is 2.23. The highest BCUT2D eigenvalue weighted by molar-refractivity contribution is 5.96. The van der Waals surface area contributed by atoms with Crippen molar-refractivity contribution in [3.8, 4) is 0 Å². The number of carbonyl (C=O) groups excluding carboxylic acids is 2. The largest absolute Gasteiger partial charge is 0.353 e. The van der Waals surface area contributed by atoms with Gasteiger partial charge in [-0.2, -0.15) is 0 Å². The van der Waals surface area contributed by atoms with Crippen LogP contribution in [-0.4, -0.2) is 39.3 Å². The van der Waals surface area contributed by atoms with Crippen LogP contribution in [0.3, 0.4) is 0 Å². The maximum absolute atomic E-state index is 13.4. The van der Waals surface area contributed by atoms with Gasteiger partial charge < -0.3 is 14.4 Å². The molecule has 0 aliphatic carbocycles. The molecule has 0 N–H and O–H groups in total. The van der Waals surface area contributed by atoms with Gasteiger partial charge in [0.25, 0.3) is 5.91 Å². The number of aromatic nitrogens is 1. The molecule has 0 unspecified atom stereocenters. The lowest BCUT2D eigenvalue weighted by atomic mass is 10.1. The summed E-state index contributed by atoms with van der Waals surface area (Å²) in [6.07, 6.45) is 3.70. The molecule has 0 saturated carbocycles. The van der Waals surface area contributed by atoms with Crippen molar-refractivity contribution in [1.82, 2.24) is 14.4 Å². The number of rotatable bonds is 10. The maximum Gasteiger partial charge on any atom is 0.254 e. The van der Waals surface area contributed by atoms with E-state index in [-0.39, 0.29) is 18.4 Å². The molecule has 0 fully saturated rings. The van der Waals surface area contributed by atoms with Crippen molar-refractivity contribution in [1.29, 1.82) is 0 Å². The minimum absolute atomic E-state index is 0.0537. The van der Waals surface area contributed by atoms with Crippen molar-refractivity contribution >= 4 is 11.8 Å². The van der Waals surface area contributed by atoms with Gasteiger partial charge in [0, 0.05) is 37.6 Å². The van der Waals surface area contributed by atoms with Crippen LogP contribution >= 0.6 is 0 Å². The van der Waals surface area contributed by atoms with Crippen LogP contribution in [0.15, 0.2) is 72.9 Å². The summed E-state index contributed by atoms with van der Waals surface area (Å²) in [6, 6.07) is 21.7. The van der Waals surface area contributed by atoms with Gasteiger partial charge >= 0.3 is 0 Å². The van der Waals surface area contributed by atoms with E-state index in [0.29, 0.717) is 25.2 Å². The Labute approximate surface area is 191 Å². The SMILES string of the molecule is CCCN(CC(=O)N(Cc1ccccc1)Cc1cccn1C)C(=O)c1ccc(CC)cc1. The Morgan fingerprint density at radius 2 is 1.53 bits per heavy atom. The molecule has 5 heteroatoms. The molecule has 3 rings (SSSR count). The molecule has 32 heavy (non-hydrogen) atoms. The van der Waals surface area contributed by atoms with Crippen molar-refractivity contribution in [2.24, 2.45) is 7.05 Å². The predicted octanol–water partition coefficient (Wildman–Crippen LogP) is 4.67. The van der Waals surface area contributed by atoms with Crippen molar-refractivity contribution in [3.05, 3.63) is 95.3 Å². The summed E-state index contributed by atoms with van der Waals surface area (Å²) in [5.74, 6) is -0.150. The zero-order valence-corrected chi connectivity index (χ0v) is 19.3. The van der Waals surface area contributed by atoms with Gasteiger partial charge in [0.1, 0.15) is 6.54 Å². The summed E-state index contributed by atoms with van der Waals surface area (Å²) in [5, 5.41) is 0. The van der Waals surface area contributed by atoms with Crippen LogP contribution in [-0.2, 0) is 31.4 Å². The fourth-order valence-electron chi connectivity index (χ4n) is 3.74. The molecular weight excluding hydrogens is 398 g/mol. The number of benzene rings is 2. The molecule has 5 nitrogen and oxygen atoms in total. The smallest absolute Gasteiger partial charge is 0.254 e. The second-order valence-electron chi connectivity index (χ2n) is 8.12. The molecule has 0 aliphatic rings. The minimum Gasteiger partial charge on any atom is -0.353 e. The van der Waals surface area contributed by atoms with Gasteiger partial charge in [0.05, 0.1) is 6.54 Å². The Kier molecular flexibility index (Phi) is 8.26. The third kappa shape index (κ3) is 6.10. The van der Waals surface area contributed by atoms with Crippen LogP contribution in [0.4, 0.5) is 0 Å². The van der Waals surface area contributed by atoms with Crippen molar-refractivity contribution < 1.29 is 9.59 Å². The van der Waals surface area contributed by atoms with Gasteiger partial charge in [-0.1, -0.05) is 56.3 Å². The highest BCUT2D eigenvalue weighted by Crippen LogP contribution is 2.14. The highest BCUT2D eigenvalue weighted by atomic mass is 16.2. The monoisotopic (exact) mass is 431 g/mol. The van der Waals surface area contributed by atoms with Crippen molar-refractivity contribution in [2.45, 2.75) is 39.8 Å². The standard InChI is InChI=1S/C27H33N3O2/c1-4-17-29(27(32)24-15-13-22(5-2)14-16-24)21-26(31)30(19-23-10-7-6-8-11-23)20-25-12-9-18-28(25)3/h6-16,18H,4-5,17,19-21H2,1-3H3. The second-order valence-corrected chi connectivity index (χ2v) is 8.12. The Balaban J connectivity index is 1.78. The van der Waals surface area contributed by atoms with E-state index in [2.05, 4.69) is 6.92 Å². The lowest BCUT2D eigenvalue weighted by Gasteiger charge is -2.28. The molecule has 0 radical (unpaired) electrons. The number of carbonyl (C=O) groups is 2. The number of aryl methyl sites for hydroxylation is 2. The lowest BCUT2D eigenvalue weighted by molar-refractivity contribution is -0.133. The van der Waals surface area contributed by atoms with Gasteiger partial charge in [-0.05, 0) is 48.2 Å². The van der Waals surface area contributed by atoms with E-state index < -0.39 is 0 Å². The topological polar surface area (TPSA) is 45.6 Å². The van der Waals surface area contributed by atoms with E-state index in [0.717, 1.165) is 24.1 Å². The van der Waals surface area contributed by atoms with Gasteiger partial charge in [-0.25, -0.2) is 0 Å². The number of nitrogens with zero attached hydrogens (tertiary/aromatic N) is 3. The fraction of sp³-hybridized carbons (Fsp3) is 0.333. The number of hydrogen-bond donors (Lipinski definition) is 0. The first-order valence-electron chi connectivity index (χ1n) is 11.3. The van der Waals surface area contributed by atoms with E-state index in [4.69, 9.17) is 0 Å². The Morgan fingerprint density at radius 1 is 0.812 bits per heavy atom. The molecule has 3 aromatic rings. The molecule has 2 aromatic carbocycles. The van der Waals surface area contributed by atoms with E-state index in [1.165, 1.54) is 5.56 Å². The summed E-state index contributed by atoms with van der Waals surface area (Å²) < 4.78 is 2.02. The minimum atomic E-state index is -0.0959. The quantitative estimate of drug-likeness (QED) is 0.468. The molecule has 2 amide bonds. The third-order valence-corrected chi connectivity index (χ3v) is 5.69. The lowest BCUT2D eigenvalue weighted by Crippen LogP contribution is -2.43. The van der Waals surface area contributed by atoms with Crippen LogP contribution in [0.2, 0.25) is 0 Å². The average Bonchev–Trinajstić information content (AvgIpc) is 3.22. The van der Waals surface area contributed by atoms with Gasteiger partial charge in [0.15, 0.2) is 0 Å². The average molecular weight is 432 g/mol. The van der Waals surface area contributed by atoms with Crippen LogP contribution in [0, 0.1) is 0 Å². The molecule has 0 atom stereocenters. The van der Waals surface area contributed by atoms with Crippen LogP contribution in [0.1, 0.15) is 47.4 Å². The number of amides is 2. The van der Waals surface area contributed by atoms with E-state index >= 15 is 0 Å². The zero-order chi connectivity index (χ0) is 22.9. The second kappa shape index (κ2) is 11.3. The van der Waals surface area contributed by atoms with Crippen LogP contribution < -0.4 is 0 Å². The first kappa shape index (κ1) is 23.3. The molecule has 0 saturated heterocycles. The number of hydrogen-bond acceptors (Lipinski definition) is 2.